The smallest absolute Gasteiger partial charge is 0.268 e. The van der Waals surface area contributed by atoms with Gasteiger partial charge in [-0.1, -0.05) is 251 Å². The zero-order valence-corrected chi connectivity index (χ0v) is 44.4. The molecule has 0 aromatic carbocycles. The van der Waals surface area contributed by atoms with Crippen molar-refractivity contribution in [3.05, 3.63) is 12.2 Å². The Kier molecular flexibility index (Phi) is 46.8. The molecular weight excluding hydrogens is 816 g/mol. The number of carbonyl (C=O) groups excluding carboxylic acids is 1. The minimum Gasteiger partial charge on any atom is -0.756 e. The third kappa shape index (κ3) is 49.2. The Balaban J connectivity index is 3.96. The Morgan fingerprint density at radius 2 is 0.859 bits per heavy atom. The molecule has 0 fully saturated rings. The zero-order valence-electron chi connectivity index (χ0n) is 43.5. The van der Waals surface area contributed by atoms with E-state index < -0.39 is 20.0 Å². The molecule has 0 rings (SSSR count). The largest absolute Gasteiger partial charge is 0.756 e. The van der Waals surface area contributed by atoms with E-state index >= 15 is 0 Å². The fourth-order valence-electron chi connectivity index (χ4n) is 8.57. The number of hydrogen-bond acceptors (Lipinski definition) is 6. The van der Waals surface area contributed by atoms with Gasteiger partial charge in [0.2, 0.25) is 5.91 Å². The van der Waals surface area contributed by atoms with Gasteiger partial charge in [0.1, 0.15) is 13.2 Å². The lowest BCUT2D eigenvalue weighted by Crippen LogP contribution is -2.46. The molecule has 0 saturated carbocycles. The molecule has 3 unspecified atom stereocenters. The molecule has 3 atom stereocenters. The standard InChI is InChI=1S/C55H111N2O6P/c1-6-8-10-12-14-16-18-19-20-21-22-23-24-25-26-27-28-29-30-31-32-33-34-35-36-37-39-41-43-45-47-49-55(59)56-53(52-63-64(60,61)62-51-50-57(3,4)5)54(58)48-46-44-42-40-38-17-15-13-11-9-7-2/h25-26,53-54,58H,6-24,27-52H2,1-5H3,(H-,56,59,60,61)/b26-25-. The van der Waals surface area contributed by atoms with Crippen molar-refractivity contribution < 1.29 is 32.9 Å². The maximum atomic E-state index is 12.9. The molecule has 2 N–H and O–H groups in total. The number of allylic oxidation sites excluding steroid dienone is 2. The molecule has 382 valence electrons. The van der Waals surface area contributed by atoms with Gasteiger partial charge in [-0.2, -0.15) is 0 Å². The maximum Gasteiger partial charge on any atom is 0.268 e. The van der Waals surface area contributed by atoms with Crippen LogP contribution in [-0.4, -0.2) is 68.5 Å². The number of aliphatic hydroxyl groups excluding tert-OH is 1. The minimum absolute atomic E-state index is 0.0147. The highest BCUT2D eigenvalue weighted by molar-refractivity contribution is 7.45. The van der Waals surface area contributed by atoms with Crippen molar-refractivity contribution in [1.82, 2.24) is 5.32 Å². The summed E-state index contributed by atoms with van der Waals surface area (Å²) in [6.07, 6.45) is 56.9. The number of amides is 1. The first-order valence-electron chi connectivity index (χ1n) is 28.0. The summed E-state index contributed by atoms with van der Waals surface area (Å²) in [6, 6.07) is -0.795. The summed E-state index contributed by atoms with van der Waals surface area (Å²) >= 11 is 0. The number of hydrogen-bond donors (Lipinski definition) is 2. The van der Waals surface area contributed by atoms with Crippen LogP contribution < -0.4 is 10.2 Å². The van der Waals surface area contributed by atoms with Crippen molar-refractivity contribution in [2.75, 3.05) is 40.9 Å². The zero-order chi connectivity index (χ0) is 47.1. The summed E-state index contributed by atoms with van der Waals surface area (Å²) in [5.74, 6) is -0.161. The van der Waals surface area contributed by atoms with Crippen molar-refractivity contribution >= 4 is 13.7 Å². The molecule has 0 bridgehead atoms. The van der Waals surface area contributed by atoms with Crippen molar-refractivity contribution in [2.45, 2.75) is 296 Å². The van der Waals surface area contributed by atoms with E-state index in [1.54, 1.807) is 0 Å². The molecule has 0 spiro atoms. The van der Waals surface area contributed by atoms with Gasteiger partial charge in [0.15, 0.2) is 0 Å². The molecule has 0 saturated heterocycles. The van der Waals surface area contributed by atoms with Crippen LogP contribution in [0.2, 0.25) is 0 Å². The van der Waals surface area contributed by atoms with Gasteiger partial charge >= 0.3 is 0 Å². The molecule has 64 heavy (non-hydrogen) atoms. The van der Waals surface area contributed by atoms with Gasteiger partial charge in [0, 0.05) is 6.42 Å². The van der Waals surface area contributed by atoms with Crippen LogP contribution in [0.3, 0.4) is 0 Å². The summed E-state index contributed by atoms with van der Waals surface area (Å²) in [7, 11) is 1.32. The molecule has 0 aromatic heterocycles. The third-order valence-electron chi connectivity index (χ3n) is 13.0. The number of aliphatic hydroxyl groups is 1. The quantitative estimate of drug-likeness (QED) is 0.0272. The summed E-state index contributed by atoms with van der Waals surface area (Å²) in [4.78, 5) is 25.4. The van der Waals surface area contributed by atoms with E-state index in [1.807, 2.05) is 21.1 Å². The number of unbranched alkanes of at least 4 members (excludes halogenated alkanes) is 37. The van der Waals surface area contributed by atoms with E-state index in [-0.39, 0.29) is 19.1 Å². The van der Waals surface area contributed by atoms with E-state index in [0.717, 1.165) is 38.5 Å². The van der Waals surface area contributed by atoms with E-state index in [4.69, 9.17) is 9.05 Å². The number of carbonyl (C=O) groups is 1. The molecule has 1 amide bonds. The lowest BCUT2D eigenvalue weighted by Gasteiger charge is -2.30. The second kappa shape index (κ2) is 47.3. The molecule has 9 heteroatoms. The second-order valence-electron chi connectivity index (χ2n) is 20.6. The SMILES string of the molecule is CCCCCCCCCCCCCC/C=C\CCCCCCCCCCCCCCCCCC(=O)NC(COP(=O)([O-])OCC[N+](C)(C)C)C(O)CCCCCCCCCCCCC. The van der Waals surface area contributed by atoms with Crippen LogP contribution >= 0.6 is 7.82 Å². The van der Waals surface area contributed by atoms with Gasteiger partial charge in [-0.25, -0.2) is 0 Å². The number of nitrogens with zero attached hydrogens (tertiary/aromatic N) is 1. The molecule has 0 aromatic rings. The van der Waals surface area contributed by atoms with E-state index in [1.165, 1.54) is 218 Å². The highest BCUT2D eigenvalue weighted by atomic mass is 31.2. The molecule has 0 aliphatic rings. The first kappa shape index (κ1) is 63.2. The maximum absolute atomic E-state index is 12.9. The van der Waals surface area contributed by atoms with Crippen LogP contribution in [0.15, 0.2) is 12.2 Å². The second-order valence-corrected chi connectivity index (χ2v) is 22.1. The Hall–Kier alpha value is -0.760. The minimum atomic E-state index is -4.56. The molecule has 0 radical (unpaired) electrons. The Labute approximate surface area is 399 Å². The summed E-state index contributed by atoms with van der Waals surface area (Å²) in [6.45, 7) is 4.74. The number of quaternary nitrogens is 1. The van der Waals surface area contributed by atoms with Crippen molar-refractivity contribution in [2.24, 2.45) is 0 Å². The average molecular weight is 927 g/mol. The van der Waals surface area contributed by atoms with Crippen molar-refractivity contribution in [3.8, 4) is 0 Å². The Morgan fingerprint density at radius 3 is 1.22 bits per heavy atom. The molecule has 0 heterocycles. The monoisotopic (exact) mass is 927 g/mol. The number of rotatable bonds is 52. The molecular formula is C55H111N2O6P. The molecule has 8 nitrogen and oxygen atoms in total. The van der Waals surface area contributed by atoms with Gasteiger partial charge in [-0.3, -0.25) is 9.36 Å². The predicted octanol–water partition coefficient (Wildman–Crippen LogP) is 16.0. The lowest BCUT2D eigenvalue weighted by atomic mass is 10.0. The summed E-state index contributed by atoms with van der Waals surface area (Å²) in [5.41, 5.74) is 0. The molecule has 0 aliphatic carbocycles. The van der Waals surface area contributed by atoms with Crippen LogP contribution in [0.4, 0.5) is 0 Å². The van der Waals surface area contributed by atoms with Crippen molar-refractivity contribution in [1.29, 1.82) is 0 Å². The predicted molar refractivity (Wildman–Crippen MR) is 275 cm³/mol. The van der Waals surface area contributed by atoms with Gasteiger partial charge in [0.05, 0.1) is 39.9 Å². The molecule has 0 aliphatic heterocycles. The first-order chi connectivity index (χ1) is 31.0. The fourth-order valence-corrected chi connectivity index (χ4v) is 9.29. The Morgan fingerprint density at radius 1 is 0.531 bits per heavy atom. The van der Waals surface area contributed by atoms with Crippen molar-refractivity contribution in [3.63, 3.8) is 0 Å². The highest BCUT2D eigenvalue weighted by Crippen LogP contribution is 2.38. The number of phosphoric acid groups is 1. The van der Waals surface area contributed by atoms with Gasteiger partial charge < -0.3 is 28.8 Å². The van der Waals surface area contributed by atoms with Gasteiger partial charge in [0.25, 0.3) is 7.82 Å². The van der Waals surface area contributed by atoms with Gasteiger partial charge in [-0.05, 0) is 38.5 Å². The number of likely N-dealkylation sites (N-methyl/N-ethyl adjacent to an activating group) is 1. The lowest BCUT2D eigenvalue weighted by molar-refractivity contribution is -0.870. The van der Waals surface area contributed by atoms with E-state index in [9.17, 15) is 19.4 Å². The van der Waals surface area contributed by atoms with Crippen LogP contribution in [0, 0.1) is 0 Å². The Bertz CT molecular complexity index is 1050. The average Bonchev–Trinajstić information content (AvgIpc) is 3.25. The number of nitrogens with one attached hydrogen (secondary N) is 1. The van der Waals surface area contributed by atoms with Crippen LogP contribution in [0.1, 0.15) is 284 Å². The normalized spacial score (nSPS) is 14.0. The number of phosphoric ester groups is 1. The van der Waals surface area contributed by atoms with E-state index in [0.29, 0.717) is 23.9 Å². The van der Waals surface area contributed by atoms with Crippen LogP contribution in [0.25, 0.3) is 0 Å². The fraction of sp³-hybridized carbons (Fsp3) is 0.945. The van der Waals surface area contributed by atoms with Gasteiger partial charge in [-0.15, -0.1) is 0 Å². The first-order valence-corrected chi connectivity index (χ1v) is 29.5. The van der Waals surface area contributed by atoms with E-state index in [2.05, 4.69) is 31.3 Å². The topological polar surface area (TPSA) is 108 Å². The third-order valence-corrected chi connectivity index (χ3v) is 14.0. The summed E-state index contributed by atoms with van der Waals surface area (Å²) in [5, 5.41) is 13.9. The van der Waals surface area contributed by atoms with Crippen LogP contribution in [0.5, 0.6) is 0 Å². The summed E-state index contributed by atoms with van der Waals surface area (Å²) < 4.78 is 23.3. The highest BCUT2D eigenvalue weighted by Gasteiger charge is 2.24. The van der Waals surface area contributed by atoms with Crippen LogP contribution in [-0.2, 0) is 18.4 Å².